The molecule has 1 aromatic carbocycles. The van der Waals surface area contributed by atoms with Crippen molar-refractivity contribution in [3.8, 4) is 0 Å². The quantitative estimate of drug-likeness (QED) is 0.917. The number of alkyl halides is 3. The van der Waals surface area contributed by atoms with E-state index >= 15 is 0 Å². The summed E-state index contributed by atoms with van der Waals surface area (Å²) in [5.41, 5.74) is 5.10. The van der Waals surface area contributed by atoms with Crippen LogP contribution < -0.4 is 5.73 Å². The van der Waals surface area contributed by atoms with Crippen molar-refractivity contribution < 1.29 is 27.2 Å². The fourth-order valence-corrected chi connectivity index (χ4v) is 1.99. The summed E-state index contributed by atoms with van der Waals surface area (Å²) in [7, 11) is 0. The van der Waals surface area contributed by atoms with E-state index in [1.165, 1.54) is 36.6 Å². The maximum Gasteiger partial charge on any atom is 0.406 e. The summed E-state index contributed by atoms with van der Waals surface area (Å²) in [6, 6.07) is 8.22. The number of nitrogens with zero attached hydrogens (tertiary/aromatic N) is 1. The van der Waals surface area contributed by atoms with Gasteiger partial charge >= 0.3 is 6.18 Å². The van der Waals surface area contributed by atoms with Gasteiger partial charge in [-0.2, -0.15) is 13.2 Å². The molecule has 0 saturated carbocycles. The lowest BCUT2D eigenvalue weighted by Crippen LogP contribution is -2.38. The predicted octanol–water partition coefficient (Wildman–Crippen LogP) is 2.58. The van der Waals surface area contributed by atoms with Gasteiger partial charge in [0.25, 0.3) is 5.91 Å². The number of hydrogen-bond acceptors (Lipinski definition) is 3. The van der Waals surface area contributed by atoms with Crippen molar-refractivity contribution in [3.63, 3.8) is 0 Å². The van der Waals surface area contributed by atoms with Crippen LogP contribution in [0.1, 0.15) is 26.5 Å². The van der Waals surface area contributed by atoms with Crippen LogP contribution in [0.2, 0.25) is 0 Å². The van der Waals surface area contributed by atoms with Gasteiger partial charge < -0.3 is 15.1 Å². The van der Waals surface area contributed by atoms with Gasteiger partial charge in [-0.15, -0.1) is 0 Å². The number of primary amides is 1. The minimum absolute atomic E-state index is 0.0424. The summed E-state index contributed by atoms with van der Waals surface area (Å²) in [5.74, 6) is -1.43. The van der Waals surface area contributed by atoms with E-state index in [0.717, 1.165) is 6.07 Å². The number of nitrogens with two attached hydrogens (primary N) is 1. The van der Waals surface area contributed by atoms with Gasteiger partial charge in [-0.1, -0.05) is 6.07 Å². The summed E-state index contributed by atoms with van der Waals surface area (Å²) in [6.45, 7) is -1.78. The van der Waals surface area contributed by atoms with Crippen LogP contribution in [-0.2, 0) is 6.54 Å². The second-order valence-electron chi connectivity index (χ2n) is 4.80. The third kappa shape index (κ3) is 4.60. The SMILES string of the molecule is NC(=O)c1cccc(C(=O)N(Cc2ccco2)CC(F)(F)F)c1. The van der Waals surface area contributed by atoms with Crippen LogP contribution in [0.15, 0.2) is 47.1 Å². The van der Waals surface area contributed by atoms with E-state index in [1.807, 2.05) is 0 Å². The maximum absolute atomic E-state index is 12.7. The molecule has 2 N–H and O–H groups in total. The highest BCUT2D eigenvalue weighted by molar-refractivity contribution is 5.99. The number of benzene rings is 1. The van der Waals surface area contributed by atoms with E-state index < -0.39 is 24.5 Å². The average molecular weight is 326 g/mol. The first-order valence-electron chi connectivity index (χ1n) is 6.54. The van der Waals surface area contributed by atoms with Crippen molar-refractivity contribution in [2.45, 2.75) is 12.7 Å². The van der Waals surface area contributed by atoms with Crippen molar-refractivity contribution in [1.82, 2.24) is 4.90 Å². The molecule has 0 atom stereocenters. The monoisotopic (exact) mass is 326 g/mol. The Morgan fingerprint density at radius 2 is 1.83 bits per heavy atom. The molecule has 0 fully saturated rings. The number of carbonyl (C=O) groups excluding carboxylic acids is 2. The lowest BCUT2D eigenvalue weighted by molar-refractivity contribution is -0.142. The van der Waals surface area contributed by atoms with E-state index in [-0.39, 0.29) is 23.4 Å². The Bertz CT molecular complexity index is 696. The van der Waals surface area contributed by atoms with Crippen LogP contribution in [0.25, 0.3) is 0 Å². The summed E-state index contributed by atoms with van der Waals surface area (Å²) in [4.78, 5) is 24.1. The van der Waals surface area contributed by atoms with Crippen LogP contribution >= 0.6 is 0 Å². The van der Waals surface area contributed by atoms with E-state index in [0.29, 0.717) is 4.90 Å². The van der Waals surface area contributed by atoms with Gasteiger partial charge in [-0.3, -0.25) is 9.59 Å². The molecule has 2 amide bonds. The molecule has 2 rings (SSSR count). The third-order valence-corrected chi connectivity index (χ3v) is 2.98. The molecule has 0 spiro atoms. The fraction of sp³-hybridized carbons (Fsp3) is 0.200. The highest BCUT2D eigenvalue weighted by atomic mass is 19.4. The second kappa shape index (κ2) is 6.55. The number of furan rings is 1. The van der Waals surface area contributed by atoms with Gasteiger partial charge in [0, 0.05) is 11.1 Å². The Hall–Kier alpha value is -2.77. The molecular formula is C15H13F3N2O3. The van der Waals surface area contributed by atoms with Crippen molar-refractivity contribution >= 4 is 11.8 Å². The van der Waals surface area contributed by atoms with Gasteiger partial charge in [0.15, 0.2) is 0 Å². The summed E-state index contributed by atoms with van der Waals surface area (Å²) < 4.78 is 43.1. The summed E-state index contributed by atoms with van der Waals surface area (Å²) >= 11 is 0. The zero-order chi connectivity index (χ0) is 17.0. The first kappa shape index (κ1) is 16.6. The van der Waals surface area contributed by atoms with E-state index in [4.69, 9.17) is 10.2 Å². The molecule has 0 aliphatic rings. The molecule has 0 bridgehead atoms. The van der Waals surface area contributed by atoms with Crippen molar-refractivity contribution in [2.75, 3.05) is 6.54 Å². The number of hydrogen-bond donors (Lipinski definition) is 1. The van der Waals surface area contributed by atoms with E-state index in [9.17, 15) is 22.8 Å². The molecule has 122 valence electrons. The molecule has 8 heteroatoms. The highest BCUT2D eigenvalue weighted by Gasteiger charge is 2.34. The molecule has 0 unspecified atom stereocenters. The Morgan fingerprint density at radius 3 is 2.39 bits per heavy atom. The standard InChI is InChI=1S/C15H13F3N2O3/c16-15(17,18)9-20(8-12-5-2-6-23-12)14(22)11-4-1-3-10(7-11)13(19)21/h1-7H,8-9H2,(H2,19,21). The van der Waals surface area contributed by atoms with Gasteiger partial charge in [-0.05, 0) is 30.3 Å². The normalized spacial score (nSPS) is 11.3. The maximum atomic E-state index is 12.7. The molecule has 1 heterocycles. The smallest absolute Gasteiger partial charge is 0.406 e. The van der Waals surface area contributed by atoms with Crippen LogP contribution in [-0.4, -0.2) is 29.4 Å². The topological polar surface area (TPSA) is 76.5 Å². The van der Waals surface area contributed by atoms with Crippen molar-refractivity contribution in [1.29, 1.82) is 0 Å². The van der Waals surface area contributed by atoms with Crippen molar-refractivity contribution in [3.05, 3.63) is 59.5 Å². The first-order chi connectivity index (χ1) is 10.8. The second-order valence-corrected chi connectivity index (χ2v) is 4.80. The Labute approximate surface area is 129 Å². The largest absolute Gasteiger partial charge is 0.467 e. The molecular weight excluding hydrogens is 313 g/mol. The minimum Gasteiger partial charge on any atom is -0.467 e. The van der Waals surface area contributed by atoms with Crippen LogP contribution in [0.3, 0.4) is 0 Å². The number of amides is 2. The minimum atomic E-state index is -4.57. The van der Waals surface area contributed by atoms with Gasteiger partial charge in [0.1, 0.15) is 12.3 Å². The van der Waals surface area contributed by atoms with Crippen LogP contribution in [0.4, 0.5) is 13.2 Å². The molecule has 0 aliphatic heterocycles. The van der Waals surface area contributed by atoms with Crippen LogP contribution in [0, 0.1) is 0 Å². The fourth-order valence-electron chi connectivity index (χ4n) is 1.99. The summed E-state index contributed by atoms with van der Waals surface area (Å²) in [6.07, 6.45) is -3.26. The number of halogens is 3. The summed E-state index contributed by atoms with van der Waals surface area (Å²) in [5, 5.41) is 0. The van der Waals surface area contributed by atoms with Crippen molar-refractivity contribution in [2.24, 2.45) is 5.73 Å². The first-order valence-corrected chi connectivity index (χ1v) is 6.54. The molecule has 5 nitrogen and oxygen atoms in total. The number of rotatable bonds is 5. The zero-order valence-electron chi connectivity index (χ0n) is 11.8. The average Bonchev–Trinajstić information content (AvgIpc) is 2.97. The zero-order valence-corrected chi connectivity index (χ0v) is 11.8. The molecule has 1 aromatic heterocycles. The third-order valence-electron chi connectivity index (χ3n) is 2.98. The molecule has 0 saturated heterocycles. The lowest BCUT2D eigenvalue weighted by atomic mass is 10.1. The molecule has 0 radical (unpaired) electrons. The van der Waals surface area contributed by atoms with Crippen LogP contribution in [0.5, 0.6) is 0 Å². The van der Waals surface area contributed by atoms with E-state index in [2.05, 4.69) is 0 Å². The Morgan fingerprint density at radius 1 is 1.13 bits per heavy atom. The number of carbonyl (C=O) groups is 2. The van der Waals surface area contributed by atoms with Gasteiger partial charge in [0.05, 0.1) is 12.8 Å². The Kier molecular flexibility index (Phi) is 4.73. The van der Waals surface area contributed by atoms with Gasteiger partial charge in [0.2, 0.25) is 5.91 Å². The highest BCUT2D eigenvalue weighted by Crippen LogP contribution is 2.20. The lowest BCUT2D eigenvalue weighted by Gasteiger charge is -2.23. The van der Waals surface area contributed by atoms with E-state index in [1.54, 1.807) is 0 Å². The molecule has 2 aromatic rings. The van der Waals surface area contributed by atoms with Gasteiger partial charge in [-0.25, -0.2) is 0 Å². The molecule has 23 heavy (non-hydrogen) atoms. The Balaban J connectivity index is 2.28. The molecule has 0 aliphatic carbocycles. The predicted molar refractivity (Wildman–Crippen MR) is 74.5 cm³/mol.